The molecule has 0 bridgehead atoms. The number of likely N-dealkylation sites (tertiary alicyclic amines) is 1. The molecule has 6 heteroatoms. The molecule has 23 heavy (non-hydrogen) atoms. The van der Waals surface area contributed by atoms with Crippen molar-refractivity contribution in [1.82, 2.24) is 10.2 Å². The van der Waals surface area contributed by atoms with Gasteiger partial charge in [0.25, 0.3) is 0 Å². The van der Waals surface area contributed by atoms with Gasteiger partial charge in [0.1, 0.15) is 0 Å². The van der Waals surface area contributed by atoms with Crippen molar-refractivity contribution in [2.45, 2.75) is 18.9 Å². The molecule has 1 fully saturated rings. The minimum atomic E-state index is -0.440. The molecule has 1 heterocycles. The Morgan fingerprint density at radius 3 is 3.04 bits per heavy atom. The van der Waals surface area contributed by atoms with E-state index in [0.29, 0.717) is 24.1 Å². The maximum Gasteiger partial charge on any atom is 0.406 e. The third kappa shape index (κ3) is 5.68. The molecule has 2 rings (SSSR count). The van der Waals surface area contributed by atoms with Gasteiger partial charge in [0, 0.05) is 24.0 Å². The number of nitrogens with zero attached hydrogens (tertiary/aromatic N) is 1. The van der Waals surface area contributed by atoms with Gasteiger partial charge in [-0.3, -0.25) is 0 Å². The van der Waals surface area contributed by atoms with E-state index in [0.717, 1.165) is 25.1 Å². The lowest BCUT2D eigenvalue weighted by atomic mass is 9.88. The molecule has 0 spiro atoms. The van der Waals surface area contributed by atoms with Crippen LogP contribution >= 0.6 is 11.6 Å². The smallest absolute Gasteiger partial charge is 0.406 e. The first-order chi connectivity index (χ1) is 11.1. The second-order valence-electron chi connectivity index (χ2n) is 5.93. The van der Waals surface area contributed by atoms with Crippen LogP contribution in [0.15, 0.2) is 24.3 Å². The number of nitrogens with one attached hydrogen (secondary N) is 1. The zero-order chi connectivity index (χ0) is 16.7. The number of carbonyl (C=O) groups is 1. The van der Waals surface area contributed by atoms with Gasteiger partial charge in [0.05, 0.1) is 19.8 Å². The molecule has 1 N–H and O–H groups in total. The molecule has 0 aromatic heterocycles. The molecular weight excluding hydrogens is 316 g/mol. The minimum Gasteiger partial charge on any atom is -0.453 e. The lowest BCUT2D eigenvalue weighted by molar-refractivity contribution is -0.0105. The lowest BCUT2D eigenvalue weighted by Gasteiger charge is -2.35. The number of rotatable bonds is 6. The zero-order valence-electron chi connectivity index (χ0n) is 13.8. The predicted octanol–water partition coefficient (Wildman–Crippen LogP) is 3.10. The van der Waals surface area contributed by atoms with Crippen molar-refractivity contribution in [1.29, 1.82) is 0 Å². The van der Waals surface area contributed by atoms with E-state index in [1.165, 1.54) is 13.5 Å². The van der Waals surface area contributed by atoms with Gasteiger partial charge in [-0.1, -0.05) is 23.7 Å². The lowest BCUT2D eigenvalue weighted by Crippen LogP contribution is -2.36. The van der Waals surface area contributed by atoms with Crippen molar-refractivity contribution in [3.8, 4) is 0 Å². The Labute approximate surface area is 142 Å². The molecule has 1 aromatic carbocycles. The highest BCUT2D eigenvalue weighted by atomic mass is 35.5. The highest BCUT2D eigenvalue weighted by Gasteiger charge is 2.28. The third-order valence-electron chi connectivity index (χ3n) is 4.12. The Morgan fingerprint density at radius 1 is 1.52 bits per heavy atom. The monoisotopic (exact) mass is 340 g/mol. The summed E-state index contributed by atoms with van der Waals surface area (Å²) in [6, 6.07) is 7.84. The van der Waals surface area contributed by atoms with Crippen molar-refractivity contribution >= 4 is 17.7 Å². The van der Waals surface area contributed by atoms with Crippen LogP contribution in [0, 0.1) is 5.92 Å². The topological polar surface area (TPSA) is 50.8 Å². The summed E-state index contributed by atoms with van der Waals surface area (Å²) in [5, 5.41) is 3.36. The summed E-state index contributed by atoms with van der Waals surface area (Å²) in [6.45, 7) is 2.99. The van der Waals surface area contributed by atoms with Crippen molar-refractivity contribution < 1.29 is 14.3 Å². The zero-order valence-corrected chi connectivity index (χ0v) is 14.5. The second-order valence-corrected chi connectivity index (χ2v) is 6.37. The Morgan fingerprint density at radius 2 is 2.35 bits per heavy atom. The third-order valence-corrected chi connectivity index (χ3v) is 4.36. The fourth-order valence-corrected chi connectivity index (χ4v) is 3.25. The number of amides is 1. The summed E-state index contributed by atoms with van der Waals surface area (Å²) < 4.78 is 10.7. The second kappa shape index (κ2) is 9.11. The van der Waals surface area contributed by atoms with E-state index in [1.807, 2.05) is 18.2 Å². The molecule has 2 unspecified atom stereocenters. The van der Waals surface area contributed by atoms with Gasteiger partial charge in [0.2, 0.25) is 0 Å². The molecule has 5 nitrogen and oxygen atoms in total. The van der Waals surface area contributed by atoms with E-state index in [2.05, 4.69) is 28.1 Å². The van der Waals surface area contributed by atoms with Crippen molar-refractivity contribution in [2.75, 3.05) is 40.4 Å². The maximum atomic E-state index is 11.1. The molecule has 1 aliphatic heterocycles. The molecule has 2 atom stereocenters. The number of hydrogen-bond acceptors (Lipinski definition) is 4. The van der Waals surface area contributed by atoms with E-state index < -0.39 is 6.09 Å². The van der Waals surface area contributed by atoms with Crippen LogP contribution in [0.3, 0.4) is 0 Å². The maximum absolute atomic E-state index is 11.1. The number of benzene rings is 1. The van der Waals surface area contributed by atoms with Gasteiger partial charge in [-0.15, -0.1) is 0 Å². The minimum absolute atomic E-state index is 0.0177. The summed E-state index contributed by atoms with van der Waals surface area (Å²) in [5.74, 6) is 0.422. The average molecular weight is 341 g/mol. The summed E-state index contributed by atoms with van der Waals surface area (Å²) >= 11 is 6.14. The number of carbonyl (C=O) groups excluding carboxylic acids is 1. The molecule has 1 aliphatic rings. The largest absolute Gasteiger partial charge is 0.453 e. The van der Waals surface area contributed by atoms with E-state index in [-0.39, 0.29) is 6.10 Å². The van der Waals surface area contributed by atoms with E-state index in [4.69, 9.17) is 16.3 Å². The molecule has 1 amide bonds. The van der Waals surface area contributed by atoms with Crippen LogP contribution < -0.4 is 5.32 Å². The average Bonchev–Trinajstić information content (AvgIpc) is 2.54. The number of ether oxygens (including phenoxy) is 2. The summed E-state index contributed by atoms with van der Waals surface area (Å²) in [7, 11) is 3.49. The number of alkyl carbamates (subject to hydrolysis) is 1. The van der Waals surface area contributed by atoms with Crippen molar-refractivity contribution in [2.24, 2.45) is 5.92 Å². The van der Waals surface area contributed by atoms with E-state index in [9.17, 15) is 4.79 Å². The van der Waals surface area contributed by atoms with E-state index in [1.54, 1.807) is 0 Å². The Bertz CT molecular complexity index is 512. The SMILES string of the molecule is COC(=O)NCCOC(c1cccc(Cl)c1)C1CCCN(C)C1. The molecule has 0 radical (unpaired) electrons. The van der Waals surface area contributed by atoms with Crippen LogP contribution in [0.5, 0.6) is 0 Å². The van der Waals surface area contributed by atoms with Crippen LogP contribution in [0.4, 0.5) is 4.79 Å². The first-order valence-corrected chi connectivity index (χ1v) is 8.35. The normalized spacial score (nSPS) is 20.0. The van der Waals surface area contributed by atoms with Gasteiger partial charge < -0.3 is 19.7 Å². The molecule has 0 saturated carbocycles. The van der Waals surface area contributed by atoms with Crippen LogP contribution in [-0.2, 0) is 9.47 Å². The first kappa shape index (κ1) is 18.0. The van der Waals surface area contributed by atoms with Crippen LogP contribution in [-0.4, -0.2) is 51.4 Å². The van der Waals surface area contributed by atoms with Gasteiger partial charge in [0.15, 0.2) is 0 Å². The van der Waals surface area contributed by atoms with Crippen LogP contribution in [0.1, 0.15) is 24.5 Å². The van der Waals surface area contributed by atoms with Gasteiger partial charge in [-0.05, 0) is 44.1 Å². The first-order valence-electron chi connectivity index (χ1n) is 7.97. The van der Waals surface area contributed by atoms with Gasteiger partial charge >= 0.3 is 6.09 Å². The number of methoxy groups -OCH3 is 1. The summed E-state index contributed by atoms with van der Waals surface area (Å²) in [5.41, 5.74) is 1.09. The molecule has 1 saturated heterocycles. The number of hydrogen-bond donors (Lipinski definition) is 1. The molecular formula is C17H25ClN2O3. The standard InChI is InChI=1S/C17H25ClN2O3/c1-20-9-4-6-14(12-20)16(13-5-3-7-15(18)11-13)23-10-8-19-17(21)22-2/h3,5,7,11,14,16H,4,6,8-10,12H2,1-2H3,(H,19,21). The van der Waals surface area contributed by atoms with Crippen LogP contribution in [0.2, 0.25) is 5.02 Å². The molecule has 128 valence electrons. The Hall–Kier alpha value is -1.30. The highest BCUT2D eigenvalue weighted by Crippen LogP contribution is 2.33. The fraction of sp³-hybridized carbons (Fsp3) is 0.588. The fourth-order valence-electron chi connectivity index (χ4n) is 3.05. The van der Waals surface area contributed by atoms with Gasteiger partial charge in [-0.2, -0.15) is 0 Å². The number of piperidine rings is 1. The Balaban J connectivity index is 2.00. The van der Waals surface area contributed by atoms with E-state index >= 15 is 0 Å². The number of halogens is 1. The predicted molar refractivity (Wildman–Crippen MR) is 90.8 cm³/mol. The quantitative estimate of drug-likeness (QED) is 0.808. The Kier molecular flexibility index (Phi) is 7.15. The van der Waals surface area contributed by atoms with Crippen molar-refractivity contribution in [3.63, 3.8) is 0 Å². The molecule has 1 aromatic rings. The van der Waals surface area contributed by atoms with Crippen molar-refractivity contribution in [3.05, 3.63) is 34.9 Å². The summed E-state index contributed by atoms with van der Waals surface area (Å²) in [6.07, 6.45) is 1.84. The van der Waals surface area contributed by atoms with Gasteiger partial charge in [-0.25, -0.2) is 4.79 Å². The highest BCUT2D eigenvalue weighted by molar-refractivity contribution is 6.30. The molecule has 0 aliphatic carbocycles. The summed E-state index contributed by atoms with van der Waals surface area (Å²) in [4.78, 5) is 13.4. The van der Waals surface area contributed by atoms with Crippen LogP contribution in [0.25, 0.3) is 0 Å².